The molecule has 1 amide bonds. The summed E-state index contributed by atoms with van der Waals surface area (Å²) in [6.07, 6.45) is 0.770. The standard InChI is InChI=1S/C18H17ClN4OS/c19-15-8-6-13(7-9-15)10-11-20-16(24)12-25-18-21-17(22-23-18)14-4-2-1-3-5-14/h1-9H,10-12H2,(H,20,24)(H,21,22,23). The Morgan fingerprint density at radius 1 is 1.12 bits per heavy atom. The van der Waals surface area contributed by atoms with E-state index >= 15 is 0 Å². The van der Waals surface area contributed by atoms with E-state index in [1.807, 2.05) is 54.6 Å². The molecule has 0 aliphatic carbocycles. The Labute approximate surface area is 155 Å². The third-order valence-corrected chi connectivity index (χ3v) is 4.59. The maximum atomic E-state index is 11.9. The van der Waals surface area contributed by atoms with Gasteiger partial charge in [0.15, 0.2) is 5.82 Å². The smallest absolute Gasteiger partial charge is 0.230 e. The fraction of sp³-hybridized carbons (Fsp3) is 0.167. The lowest BCUT2D eigenvalue weighted by Gasteiger charge is -2.04. The van der Waals surface area contributed by atoms with Gasteiger partial charge in [0.2, 0.25) is 11.1 Å². The summed E-state index contributed by atoms with van der Waals surface area (Å²) in [5, 5.41) is 11.2. The molecule has 128 valence electrons. The minimum absolute atomic E-state index is 0.0370. The number of hydrogen-bond donors (Lipinski definition) is 2. The highest BCUT2D eigenvalue weighted by Gasteiger charge is 2.08. The number of thioether (sulfide) groups is 1. The van der Waals surface area contributed by atoms with E-state index in [0.717, 1.165) is 17.5 Å². The molecule has 0 radical (unpaired) electrons. The number of H-pyrrole nitrogens is 1. The first kappa shape index (κ1) is 17.5. The van der Waals surface area contributed by atoms with Crippen molar-refractivity contribution >= 4 is 29.3 Å². The Morgan fingerprint density at radius 3 is 2.64 bits per heavy atom. The number of carbonyl (C=O) groups is 1. The second-order valence-electron chi connectivity index (χ2n) is 5.35. The van der Waals surface area contributed by atoms with E-state index in [9.17, 15) is 4.79 Å². The summed E-state index contributed by atoms with van der Waals surface area (Å²) in [5.74, 6) is 0.948. The van der Waals surface area contributed by atoms with Gasteiger partial charge in [-0.25, -0.2) is 4.98 Å². The van der Waals surface area contributed by atoms with Crippen molar-refractivity contribution in [1.29, 1.82) is 0 Å². The second-order valence-corrected chi connectivity index (χ2v) is 6.73. The predicted molar refractivity (Wildman–Crippen MR) is 101 cm³/mol. The molecule has 1 heterocycles. The van der Waals surface area contributed by atoms with Gasteiger partial charge in [-0.05, 0) is 24.1 Å². The monoisotopic (exact) mass is 372 g/mol. The first-order valence-electron chi connectivity index (χ1n) is 7.82. The van der Waals surface area contributed by atoms with Crippen LogP contribution in [0, 0.1) is 0 Å². The summed E-state index contributed by atoms with van der Waals surface area (Å²) in [5.41, 5.74) is 2.10. The van der Waals surface area contributed by atoms with Crippen LogP contribution < -0.4 is 5.32 Å². The third-order valence-electron chi connectivity index (χ3n) is 3.49. The number of aromatic nitrogens is 3. The van der Waals surface area contributed by atoms with E-state index in [1.165, 1.54) is 11.8 Å². The van der Waals surface area contributed by atoms with Crippen LogP contribution in [0.5, 0.6) is 0 Å². The summed E-state index contributed by atoms with van der Waals surface area (Å²) >= 11 is 7.16. The van der Waals surface area contributed by atoms with Crippen molar-refractivity contribution < 1.29 is 4.79 Å². The van der Waals surface area contributed by atoms with E-state index in [-0.39, 0.29) is 11.7 Å². The molecule has 25 heavy (non-hydrogen) atoms. The maximum absolute atomic E-state index is 11.9. The van der Waals surface area contributed by atoms with Crippen molar-refractivity contribution in [3.8, 4) is 11.4 Å². The quantitative estimate of drug-likeness (QED) is 0.622. The van der Waals surface area contributed by atoms with Crippen LogP contribution in [0.15, 0.2) is 59.8 Å². The molecule has 2 aromatic carbocycles. The Balaban J connectivity index is 1.42. The van der Waals surface area contributed by atoms with Gasteiger partial charge in [-0.15, -0.1) is 5.10 Å². The van der Waals surface area contributed by atoms with Crippen molar-refractivity contribution in [3.05, 3.63) is 65.2 Å². The van der Waals surface area contributed by atoms with E-state index in [2.05, 4.69) is 20.5 Å². The number of benzene rings is 2. The van der Waals surface area contributed by atoms with Gasteiger partial charge in [0.1, 0.15) is 0 Å². The Hall–Kier alpha value is -2.31. The molecular formula is C18H17ClN4OS. The fourth-order valence-electron chi connectivity index (χ4n) is 2.21. The van der Waals surface area contributed by atoms with E-state index in [0.29, 0.717) is 22.5 Å². The van der Waals surface area contributed by atoms with Crippen LogP contribution in [0.4, 0.5) is 0 Å². The highest BCUT2D eigenvalue weighted by molar-refractivity contribution is 7.99. The van der Waals surface area contributed by atoms with E-state index in [4.69, 9.17) is 11.6 Å². The molecule has 0 atom stereocenters. The summed E-state index contributed by atoms with van der Waals surface area (Å²) in [4.78, 5) is 16.3. The first-order chi connectivity index (χ1) is 12.2. The van der Waals surface area contributed by atoms with Crippen LogP contribution in [-0.4, -0.2) is 33.4 Å². The zero-order valence-corrected chi connectivity index (χ0v) is 15.0. The average Bonchev–Trinajstić information content (AvgIpc) is 3.11. The zero-order valence-electron chi connectivity index (χ0n) is 13.4. The molecular weight excluding hydrogens is 356 g/mol. The van der Waals surface area contributed by atoms with Gasteiger partial charge >= 0.3 is 0 Å². The van der Waals surface area contributed by atoms with Crippen molar-refractivity contribution in [1.82, 2.24) is 20.5 Å². The number of amides is 1. The Morgan fingerprint density at radius 2 is 1.88 bits per heavy atom. The van der Waals surface area contributed by atoms with Crippen molar-refractivity contribution in [2.24, 2.45) is 0 Å². The van der Waals surface area contributed by atoms with Gasteiger partial charge in [0, 0.05) is 17.1 Å². The minimum Gasteiger partial charge on any atom is -0.355 e. The zero-order chi connectivity index (χ0) is 17.5. The molecule has 0 aliphatic rings. The lowest BCUT2D eigenvalue weighted by atomic mass is 10.1. The fourth-order valence-corrected chi connectivity index (χ4v) is 2.97. The average molecular weight is 373 g/mol. The van der Waals surface area contributed by atoms with Crippen molar-refractivity contribution in [2.45, 2.75) is 11.6 Å². The molecule has 0 unspecified atom stereocenters. The molecule has 2 N–H and O–H groups in total. The van der Waals surface area contributed by atoms with Crippen molar-refractivity contribution in [2.75, 3.05) is 12.3 Å². The summed E-state index contributed by atoms with van der Waals surface area (Å²) in [6, 6.07) is 17.4. The molecule has 7 heteroatoms. The van der Waals surface area contributed by atoms with Gasteiger partial charge in [-0.3, -0.25) is 9.89 Å². The SMILES string of the molecule is O=C(CSc1n[nH]c(-c2ccccc2)n1)NCCc1ccc(Cl)cc1. The minimum atomic E-state index is -0.0370. The van der Waals surface area contributed by atoms with Crippen LogP contribution in [0.1, 0.15) is 5.56 Å². The molecule has 0 aliphatic heterocycles. The predicted octanol–water partition coefficient (Wildman–Crippen LogP) is 3.58. The molecule has 0 bridgehead atoms. The Bertz CT molecular complexity index is 821. The van der Waals surface area contributed by atoms with Crippen LogP contribution in [0.3, 0.4) is 0 Å². The largest absolute Gasteiger partial charge is 0.355 e. The molecule has 1 aromatic heterocycles. The van der Waals surface area contributed by atoms with Gasteiger partial charge in [0.05, 0.1) is 5.75 Å². The summed E-state index contributed by atoms with van der Waals surface area (Å²) in [7, 11) is 0. The number of hydrogen-bond acceptors (Lipinski definition) is 4. The molecule has 0 spiro atoms. The summed E-state index contributed by atoms with van der Waals surface area (Å²) < 4.78 is 0. The van der Waals surface area contributed by atoms with E-state index < -0.39 is 0 Å². The highest BCUT2D eigenvalue weighted by Crippen LogP contribution is 2.18. The van der Waals surface area contributed by atoms with Crippen molar-refractivity contribution in [3.63, 3.8) is 0 Å². The number of aromatic amines is 1. The van der Waals surface area contributed by atoms with Gasteiger partial charge < -0.3 is 5.32 Å². The number of carbonyl (C=O) groups excluding carboxylic acids is 1. The van der Waals surface area contributed by atoms with Crippen LogP contribution >= 0.6 is 23.4 Å². The lowest BCUT2D eigenvalue weighted by Crippen LogP contribution is -2.27. The molecule has 5 nitrogen and oxygen atoms in total. The first-order valence-corrected chi connectivity index (χ1v) is 9.19. The Kier molecular flexibility index (Phi) is 6.09. The van der Waals surface area contributed by atoms with Gasteiger partial charge in [-0.2, -0.15) is 0 Å². The van der Waals surface area contributed by atoms with Gasteiger partial charge in [0.25, 0.3) is 0 Å². The maximum Gasteiger partial charge on any atom is 0.230 e. The highest BCUT2D eigenvalue weighted by atomic mass is 35.5. The van der Waals surface area contributed by atoms with Gasteiger partial charge in [-0.1, -0.05) is 65.8 Å². The second kappa shape index (κ2) is 8.69. The normalized spacial score (nSPS) is 10.6. The molecule has 0 saturated carbocycles. The molecule has 3 aromatic rings. The summed E-state index contributed by atoms with van der Waals surface area (Å²) in [6.45, 7) is 0.588. The molecule has 0 fully saturated rings. The topological polar surface area (TPSA) is 70.7 Å². The number of rotatable bonds is 7. The third kappa shape index (κ3) is 5.34. The number of nitrogens with one attached hydrogen (secondary N) is 2. The van der Waals surface area contributed by atoms with Crippen LogP contribution in [0.2, 0.25) is 5.02 Å². The lowest BCUT2D eigenvalue weighted by molar-refractivity contribution is -0.118. The number of nitrogens with zero attached hydrogens (tertiary/aromatic N) is 2. The molecule has 3 rings (SSSR count). The van der Waals surface area contributed by atoms with Crippen LogP contribution in [-0.2, 0) is 11.2 Å². The van der Waals surface area contributed by atoms with E-state index in [1.54, 1.807) is 0 Å². The molecule has 0 saturated heterocycles. The van der Waals surface area contributed by atoms with Crippen LogP contribution in [0.25, 0.3) is 11.4 Å². The number of halogens is 1.